The normalized spacial score (nSPS) is 26.0. The van der Waals surface area contributed by atoms with Gasteiger partial charge in [0, 0.05) is 0 Å². The van der Waals surface area contributed by atoms with E-state index in [2.05, 4.69) is 24.2 Å². The third kappa shape index (κ3) is 4.18. The molecule has 1 saturated carbocycles. The monoisotopic (exact) mass is 211 g/mol. The number of hydrogen-bond acceptors (Lipinski definition) is 2. The van der Waals surface area contributed by atoms with Gasteiger partial charge in [-0.3, -0.25) is 10.7 Å². The van der Waals surface area contributed by atoms with E-state index in [1.807, 2.05) is 0 Å². The fraction of sp³-hybridized carbons (Fsp3) is 0.800. The molecule has 0 aromatic rings. The van der Waals surface area contributed by atoms with Gasteiger partial charge >= 0.3 is 0 Å². The van der Waals surface area contributed by atoms with Crippen LogP contribution in [0.4, 0.5) is 0 Å². The first kappa shape index (κ1) is 11.8. The molecule has 0 aliphatic heterocycles. The molecule has 0 amide bonds. The Morgan fingerprint density at radius 1 is 1.47 bits per heavy atom. The van der Waals surface area contributed by atoms with E-state index in [-0.39, 0.29) is 18.0 Å². The lowest BCUT2D eigenvalue weighted by Gasteiger charge is -2.33. The fourth-order valence-corrected chi connectivity index (χ4v) is 2.14. The maximum Gasteiger partial charge on any atom is 0.195 e. The molecule has 1 atom stereocenters. The second kappa shape index (κ2) is 4.51. The van der Waals surface area contributed by atoms with Gasteiger partial charge < -0.3 is 11.5 Å². The second-order valence-corrected chi connectivity index (χ2v) is 4.97. The summed E-state index contributed by atoms with van der Waals surface area (Å²) in [5, 5.41) is 9.53. The van der Waals surface area contributed by atoms with Crippen LogP contribution in [0.5, 0.6) is 0 Å². The van der Waals surface area contributed by atoms with E-state index in [1.165, 1.54) is 12.8 Å². The molecule has 0 spiro atoms. The zero-order valence-corrected chi connectivity index (χ0v) is 9.51. The highest BCUT2D eigenvalue weighted by molar-refractivity contribution is 5.95. The smallest absolute Gasteiger partial charge is 0.195 e. The fourth-order valence-electron chi connectivity index (χ4n) is 2.14. The van der Waals surface area contributed by atoms with E-state index in [9.17, 15) is 0 Å². The van der Waals surface area contributed by atoms with Gasteiger partial charge in [0.1, 0.15) is 0 Å². The van der Waals surface area contributed by atoms with Crippen LogP contribution in [0.1, 0.15) is 39.5 Å². The molecule has 5 heteroatoms. The first-order valence-corrected chi connectivity index (χ1v) is 5.33. The summed E-state index contributed by atoms with van der Waals surface area (Å²) in [4.78, 5) is 4.33. The largest absolute Gasteiger partial charge is 0.370 e. The summed E-state index contributed by atoms with van der Waals surface area (Å²) in [6.45, 7) is 4.51. The lowest BCUT2D eigenvalue weighted by molar-refractivity contribution is 0.222. The van der Waals surface area contributed by atoms with Crippen molar-refractivity contribution >= 4 is 11.9 Å². The molecule has 1 fully saturated rings. The molecule has 0 aromatic carbocycles. The first-order valence-electron chi connectivity index (χ1n) is 5.33. The number of nitrogens with two attached hydrogens (primary N) is 2. The van der Waals surface area contributed by atoms with E-state index < -0.39 is 0 Å². The van der Waals surface area contributed by atoms with Crippen molar-refractivity contribution in [2.75, 3.05) is 0 Å². The Bertz CT molecular complexity index is 269. The summed E-state index contributed by atoms with van der Waals surface area (Å²) in [5.41, 5.74) is 11.1. The van der Waals surface area contributed by atoms with Crippen LogP contribution < -0.4 is 16.8 Å². The first-order chi connectivity index (χ1) is 6.89. The Morgan fingerprint density at radius 3 is 2.67 bits per heavy atom. The van der Waals surface area contributed by atoms with Crippen LogP contribution in [0.2, 0.25) is 0 Å². The minimum atomic E-state index is -0.161. The number of rotatable bonds is 1. The molecule has 86 valence electrons. The van der Waals surface area contributed by atoms with Gasteiger partial charge in [-0.25, -0.2) is 4.99 Å². The van der Waals surface area contributed by atoms with Crippen molar-refractivity contribution in [1.82, 2.24) is 5.32 Å². The van der Waals surface area contributed by atoms with Gasteiger partial charge in [-0.15, -0.1) is 0 Å². The minimum absolute atomic E-state index is 0.161. The standard InChI is InChI=1S/C10H21N5/c1-10(2)5-3-4-7(6-10)14-9(13)15-8(11)12/h7H,3-6H2,1-2H3,(H6,11,12,13,14,15). The molecule has 0 saturated heterocycles. The van der Waals surface area contributed by atoms with Gasteiger partial charge in [0.05, 0.1) is 6.04 Å². The quantitative estimate of drug-likeness (QED) is 0.380. The molecular weight excluding hydrogens is 190 g/mol. The van der Waals surface area contributed by atoms with E-state index in [0.717, 1.165) is 12.8 Å². The summed E-state index contributed by atoms with van der Waals surface area (Å²) in [7, 11) is 0. The highest BCUT2D eigenvalue weighted by atomic mass is 15.2. The van der Waals surface area contributed by atoms with Crippen LogP contribution in [-0.2, 0) is 0 Å². The summed E-state index contributed by atoms with van der Waals surface area (Å²) in [5.74, 6) is 0.0940. The molecule has 5 nitrogen and oxygen atoms in total. The molecular formula is C10H21N5. The van der Waals surface area contributed by atoms with E-state index in [0.29, 0.717) is 5.41 Å². The van der Waals surface area contributed by atoms with Crippen LogP contribution in [0.3, 0.4) is 0 Å². The zero-order chi connectivity index (χ0) is 11.5. The van der Waals surface area contributed by atoms with Crippen molar-refractivity contribution in [3.05, 3.63) is 0 Å². The maximum absolute atomic E-state index is 7.03. The van der Waals surface area contributed by atoms with Crippen molar-refractivity contribution in [3.8, 4) is 0 Å². The summed E-state index contributed by atoms with van der Waals surface area (Å²) >= 11 is 0. The van der Waals surface area contributed by atoms with Crippen LogP contribution in [0.25, 0.3) is 0 Å². The minimum Gasteiger partial charge on any atom is -0.370 e. The van der Waals surface area contributed by atoms with Gasteiger partial charge in [0.15, 0.2) is 11.9 Å². The highest BCUT2D eigenvalue weighted by Gasteiger charge is 2.27. The van der Waals surface area contributed by atoms with Gasteiger partial charge in [-0.1, -0.05) is 20.3 Å². The molecule has 1 aliphatic carbocycles. The molecule has 1 aliphatic rings. The number of guanidine groups is 2. The van der Waals surface area contributed by atoms with Gasteiger partial charge in [0.25, 0.3) is 0 Å². The highest BCUT2D eigenvalue weighted by Crippen LogP contribution is 2.36. The van der Waals surface area contributed by atoms with Crippen molar-refractivity contribution in [1.29, 1.82) is 5.41 Å². The van der Waals surface area contributed by atoms with E-state index in [1.54, 1.807) is 0 Å². The Morgan fingerprint density at radius 2 is 2.13 bits per heavy atom. The average molecular weight is 211 g/mol. The average Bonchev–Trinajstić information content (AvgIpc) is 1.99. The molecule has 1 rings (SSSR count). The number of hydrogen-bond donors (Lipinski definition) is 4. The van der Waals surface area contributed by atoms with Crippen molar-refractivity contribution < 1.29 is 0 Å². The number of nitrogens with zero attached hydrogens (tertiary/aromatic N) is 1. The molecule has 0 bridgehead atoms. The second-order valence-electron chi connectivity index (χ2n) is 4.97. The van der Waals surface area contributed by atoms with Crippen molar-refractivity contribution in [2.45, 2.75) is 45.6 Å². The van der Waals surface area contributed by atoms with Crippen LogP contribution in [-0.4, -0.2) is 18.0 Å². The van der Waals surface area contributed by atoms with Crippen LogP contribution >= 0.6 is 0 Å². The molecule has 1 unspecified atom stereocenters. The van der Waals surface area contributed by atoms with Crippen molar-refractivity contribution in [2.24, 2.45) is 21.9 Å². The third-order valence-corrected chi connectivity index (χ3v) is 2.76. The summed E-state index contributed by atoms with van der Waals surface area (Å²) < 4.78 is 0. The SMILES string of the molecule is CC1(C)CCCC(N=C(N)NC(=N)N)C1. The summed E-state index contributed by atoms with van der Waals surface area (Å²) in [6, 6.07) is 0.264. The van der Waals surface area contributed by atoms with E-state index >= 15 is 0 Å². The van der Waals surface area contributed by atoms with Gasteiger partial charge in [-0.05, 0) is 24.7 Å². The van der Waals surface area contributed by atoms with Gasteiger partial charge in [-0.2, -0.15) is 0 Å². The molecule has 0 radical (unpaired) electrons. The molecule has 0 heterocycles. The lowest BCUT2D eigenvalue weighted by atomic mass is 9.75. The molecule has 15 heavy (non-hydrogen) atoms. The van der Waals surface area contributed by atoms with Crippen molar-refractivity contribution in [3.63, 3.8) is 0 Å². The van der Waals surface area contributed by atoms with Gasteiger partial charge in [0.2, 0.25) is 0 Å². The predicted molar refractivity (Wildman–Crippen MR) is 62.7 cm³/mol. The Kier molecular flexibility index (Phi) is 3.55. The summed E-state index contributed by atoms with van der Waals surface area (Å²) in [6.07, 6.45) is 4.56. The lowest BCUT2D eigenvalue weighted by Crippen LogP contribution is -2.42. The maximum atomic E-state index is 7.03. The molecule has 0 aromatic heterocycles. The Balaban J connectivity index is 2.53. The molecule has 6 N–H and O–H groups in total. The van der Waals surface area contributed by atoms with E-state index in [4.69, 9.17) is 16.9 Å². The number of aliphatic imine (C=N–C) groups is 1. The zero-order valence-electron chi connectivity index (χ0n) is 9.51. The Labute approximate surface area is 90.8 Å². The number of nitrogens with one attached hydrogen (secondary N) is 2. The Hall–Kier alpha value is -1.26. The predicted octanol–water partition coefficient (Wildman–Crippen LogP) is 0.753. The van der Waals surface area contributed by atoms with Crippen LogP contribution in [0, 0.1) is 10.8 Å². The third-order valence-electron chi connectivity index (χ3n) is 2.76. The van der Waals surface area contributed by atoms with Crippen LogP contribution in [0.15, 0.2) is 4.99 Å². The topological polar surface area (TPSA) is 100 Å².